The van der Waals surface area contributed by atoms with Crippen molar-refractivity contribution >= 4 is 7.82 Å². The van der Waals surface area contributed by atoms with Crippen LogP contribution in [-0.2, 0) is 15.7 Å². The van der Waals surface area contributed by atoms with Gasteiger partial charge in [-0.1, -0.05) is 19.0 Å². The van der Waals surface area contributed by atoms with E-state index in [9.17, 15) is 19.5 Å². The molecule has 34 heavy (non-hydrogen) atoms. The summed E-state index contributed by atoms with van der Waals surface area (Å²) in [6.07, 6.45) is 10.1. The van der Waals surface area contributed by atoms with E-state index in [1.54, 1.807) is 6.07 Å². The number of hydrogen-bond acceptors (Lipinski definition) is 7. The van der Waals surface area contributed by atoms with Gasteiger partial charge in [0.15, 0.2) is 5.76 Å². The Morgan fingerprint density at radius 1 is 1.06 bits per heavy atom. The number of phosphoric ester groups is 1. The van der Waals surface area contributed by atoms with Crippen molar-refractivity contribution in [2.75, 3.05) is 0 Å². The second-order valence-corrected chi connectivity index (χ2v) is 13.1. The number of nitrogens with zero attached hydrogens (tertiary/aromatic N) is 1. The molecule has 0 aliphatic heterocycles. The van der Waals surface area contributed by atoms with E-state index < -0.39 is 20.0 Å². The zero-order valence-electron chi connectivity index (χ0n) is 21.4. The Hall–Kier alpha value is 1.28. The summed E-state index contributed by atoms with van der Waals surface area (Å²) in [5.74, 6) is 3.32. The molecule has 180 valence electrons. The first kappa shape index (κ1) is 29.8. The van der Waals surface area contributed by atoms with Crippen molar-refractivity contribution in [2.24, 2.45) is 34.5 Å². The van der Waals surface area contributed by atoms with Gasteiger partial charge in [-0.3, -0.25) is 0 Å². The molecule has 0 amide bonds. The van der Waals surface area contributed by atoms with Crippen molar-refractivity contribution in [3.8, 4) is 0 Å². The van der Waals surface area contributed by atoms with Crippen LogP contribution in [0.15, 0.2) is 10.6 Å². The molecule has 4 unspecified atom stereocenters. The van der Waals surface area contributed by atoms with Crippen molar-refractivity contribution in [3.05, 3.63) is 17.5 Å². The Kier molecular flexibility index (Phi) is 9.17. The van der Waals surface area contributed by atoms with Crippen molar-refractivity contribution in [3.63, 3.8) is 0 Å². The van der Waals surface area contributed by atoms with Crippen LogP contribution in [0, 0.1) is 34.5 Å². The van der Waals surface area contributed by atoms with Gasteiger partial charge in [0.1, 0.15) is 6.61 Å². The molecule has 0 radical (unpaired) electrons. The molecule has 5 rings (SSSR count). The molecule has 0 spiro atoms. The summed E-state index contributed by atoms with van der Waals surface area (Å²) in [7, 11) is -5.03. The van der Waals surface area contributed by atoms with Gasteiger partial charge in [0.05, 0.1) is 19.1 Å². The van der Waals surface area contributed by atoms with E-state index in [1.807, 2.05) is 6.92 Å². The Balaban J connectivity index is 0.00000162. The van der Waals surface area contributed by atoms with Crippen LogP contribution in [0.1, 0.15) is 95.9 Å². The summed E-state index contributed by atoms with van der Waals surface area (Å²) < 4.78 is 20.5. The Bertz CT molecular complexity index is 921. The maximum atomic E-state index is 10.8. The van der Waals surface area contributed by atoms with Gasteiger partial charge in [0, 0.05) is 12.0 Å². The number of aromatic nitrogens is 1. The van der Waals surface area contributed by atoms with Gasteiger partial charge in [-0.25, -0.2) is 0 Å². The van der Waals surface area contributed by atoms with Crippen LogP contribution < -0.4 is 68.9 Å². The van der Waals surface area contributed by atoms with E-state index in [4.69, 9.17) is 4.52 Å². The Morgan fingerprint density at radius 2 is 1.76 bits per heavy atom. The van der Waals surface area contributed by atoms with Gasteiger partial charge in [0.25, 0.3) is 0 Å². The molecule has 7 nitrogen and oxygen atoms in total. The number of phosphoric acid groups is 1. The fourth-order valence-corrected chi connectivity index (χ4v) is 8.91. The molecular weight excluding hydrogens is 475 g/mol. The third-order valence-corrected chi connectivity index (χ3v) is 10.7. The molecule has 4 aliphatic carbocycles. The SMILES string of the molecule is C[C@@]1(O)CC[C@@]2(C)C(CCC3C2CC[C@@]2(C)C3CC[C@@H]2c2cc(COP(=O)([O-])[O-])on2)C1.[Na+].[Na+]. The minimum atomic E-state index is -5.03. The molecule has 1 aromatic heterocycles. The van der Waals surface area contributed by atoms with Gasteiger partial charge >= 0.3 is 59.1 Å². The minimum absolute atomic E-state index is 0. The van der Waals surface area contributed by atoms with Crippen LogP contribution in [0.5, 0.6) is 0 Å². The van der Waals surface area contributed by atoms with Crippen LogP contribution in [0.4, 0.5) is 0 Å². The summed E-state index contributed by atoms with van der Waals surface area (Å²) in [5.41, 5.74) is 0.866. The third kappa shape index (κ3) is 5.38. The molecular formula is C24H36NNa2O6P. The fraction of sp³-hybridized carbons (Fsp3) is 0.875. The second-order valence-electron chi connectivity index (χ2n) is 12.0. The van der Waals surface area contributed by atoms with Gasteiger partial charge in [0.2, 0.25) is 0 Å². The Morgan fingerprint density at radius 3 is 2.47 bits per heavy atom. The minimum Gasteiger partial charge on any atom is -0.790 e. The smallest absolute Gasteiger partial charge is 0.790 e. The fourth-order valence-electron chi connectivity index (χ4n) is 8.62. The molecule has 8 atom stereocenters. The van der Waals surface area contributed by atoms with Crippen LogP contribution >= 0.6 is 7.82 Å². The van der Waals surface area contributed by atoms with Crippen molar-refractivity contribution in [1.82, 2.24) is 5.16 Å². The first-order chi connectivity index (χ1) is 14.9. The molecule has 0 bridgehead atoms. The van der Waals surface area contributed by atoms with E-state index in [1.165, 1.54) is 25.7 Å². The molecule has 4 fully saturated rings. The molecule has 1 N–H and O–H groups in total. The summed E-state index contributed by atoms with van der Waals surface area (Å²) in [6, 6.07) is 1.78. The molecule has 1 aromatic rings. The number of rotatable bonds is 4. The van der Waals surface area contributed by atoms with Crippen LogP contribution in [-0.4, -0.2) is 15.9 Å². The predicted octanol–water partition coefficient (Wildman–Crippen LogP) is -2.09. The first-order valence-electron chi connectivity index (χ1n) is 12.3. The average molecular weight is 512 g/mol. The van der Waals surface area contributed by atoms with E-state index in [0.717, 1.165) is 49.6 Å². The average Bonchev–Trinajstić information content (AvgIpc) is 3.30. The van der Waals surface area contributed by atoms with E-state index in [2.05, 4.69) is 23.5 Å². The van der Waals surface area contributed by atoms with Crippen molar-refractivity contribution in [2.45, 2.75) is 96.7 Å². The van der Waals surface area contributed by atoms with Gasteiger partial charge in [-0.15, -0.1) is 0 Å². The number of fused-ring (bicyclic) bond motifs is 5. The van der Waals surface area contributed by atoms with Crippen molar-refractivity contribution < 1.29 is 87.6 Å². The molecule has 4 aliphatic rings. The van der Waals surface area contributed by atoms with E-state index in [-0.39, 0.29) is 76.2 Å². The van der Waals surface area contributed by atoms with E-state index >= 15 is 0 Å². The number of hydrogen-bond donors (Lipinski definition) is 1. The third-order valence-electron chi connectivity index (χ3n) is 10.3. The van der Waals surface area contributed by atoms with Gasteiger partial charge < -0.3 is 28.5 Å². The summed E-state index contributed by atoms with van der Waals surface area (Å²) in [5, 5.41) is 14.9. The maximum absolute atomic E-state index is 10.8. The van der Waals surface area contributed by atoms with E-state index in [0.29, 0.717) is 17.3 Å². The summed E-state index contributed by atoms with van der Waals surface area (Å²) >= 11 is 0. The zero-order chi connectivity index (χ0) is 22.9. The van der Waals surface area contributed by atoms with Crippen LogP contribution in [0.3, 0.4) is 0 Å². The molecule has 4 saturated carbocycles. The van der Waals surface area contributed by atoms with Gasteiger partial charge in [-0.05, 0) is 99.2 Å². The van der Waals surface area contributed by atoms with Crippen LogP contribution in [0.25, 0.3) is 0 Å². The quantitative estimate of drug-likeness (QED) is 0.364. The standard InChI is InChI=1S/C24H38NO6P.2Na/c1-22(26)10-11-23(2)15(13-22)4-5-17-18-6-7-20(24(18,3)9-8-19(17)23)21-12-16(31-25-21)14-30-32(27,28)29;;/h12,15,17-20,26H,4-11,13-14H2,1-3H3,(H2,27,28,29);;/q;2*+1/p-2/t15?,17?,18?,19?,20-,22-,23+,24+;;/m1../s1. The monoisotopic (exact) mass is 511 g/mol. The molecule has 10 heteroatoms. The zero-order valence-corrected chi connectivity index (χ0v) is 26.3. The largest absolute Gasteiger partial charge is 1.00 e. The second kappa shape index (κ2) is 10.4. The summed E-state index contributed by atoms with van der Waals surface area (Å²) in [6.45, 7) is 6.55. The maximum Gasteiger partial charge on any atom is 1.00 e. The number of aliphatic hydroxyl groups is 1. The first-order valence-corrected chi connectivity index (χ1v) is 13.7. The molecule has 0 aromatic carbocycles. The van der Waals surface area contributed by atoms with Crippen LogP contribution in [0.2, 0.25) is 0 Å². The summed E-state index contributed by atoms with van der Waals surface area (Å²) in [4.78, 5) is 21.6. The van der Waals surface area contributed by atoms with Gasteiger partial charge in [-0.2, -0.15) is 0 Å². The normalized spacial score (nSPS) is 43.6. The topological polar surface area (TPSA) is 119 Å². The Labute approximate surface area is 247 Å². The van der Waals surface area contributed by atoms with Crippen molar-refractivity contribution in [1.29, 1.82) is 0 Å². The molecule has 0 saturated heterocycles. The molecule has 1 heterocycles. The predicted molar refractivity (Wildman–Crippen MR) is 114 cm³/mol.